The standard InChI is InChI=1S/C62H65BN2/c1-38-29-55-57-56(30-38)65(52-33-43(58(3,4)5)26-23-39(52)2)53-32-41(40-19-15-14-16-20-40)25-28-49(53)63(57)50-34-47-48(62(12,13)37-61(47,10)11)35-54(50)64(55)51-22-18-17-21-44(51)42-24-27-45-46(31-42)60(8,9)36-59(45,6)7/h14-35H,36-37H2,1-13H3. The molecule has 0 N–H and O–H groups in total. The summed E-state index contributed by atoms with van der Waals surface area (Å²) in [5, 5.41) is 0. The molecule has 7 aromatic carbocycles. The molecule has 0 bridgehead atoms. The Morgan fingerprint density at radius 1 is 0.431 bits per heavy atom. The molecule has 0 saturated heterocycles. The summed E-state index contributed by atoms with van der Waals surface area (Å²) in [6.07, 6.45) is 2.27. The third-order valence-corrected chi connectivity index (χ3v) is 15.9. The van der Waals surface area contributed by atoms with Gasteiger partial charge >= 0.3 is 0 Å². The molecule has 2 aliphatic carbocycles. The van der Waals surface area contributed by atoms with Crippen LogP contribution in [0.15, 0.2) is 133 Å². The smallest absolute Gasteiger partial charge is 0.252 e. The first kappa shape index (κ1) is 41.9. The highest BCUT2D eigenvalue weighted by Gasteiger charge is 2.49. The van der Waals surface area contributed by atoms with E-state index < -0.39 is 0 Å². The van der Waals surface area contributed by atoms with Crippen molar-refractivity contribution in [1.82, 2.24) is 0 Å². The Labute approximate surface area is 389 Å². The minimum Gasteiger partial charge on any atom is -0.311 e. The molecule has 2 nitrogen and oxygen atoms in total. The van der Waals surface area contributed by atoms with Crippen LogP contribution in [0.3, 0.4) is 0 Å². The molecule has 4 aliphatic rings. The predicted octanol–water partition coefficient (Wildman–Crippen LogP) is 14.9. The number of benzene rings is 7. The summed E-state index contributed by atoms with van der Waals surface area (Å²) in [6, 6.07) is 52.3. The second-order valence-electron chi connectivity index (χ2n) is 23.8. The number of aryl methyl sites for hydroxylation is 2. The van der Waals surface area contributed by atoms with E-state index in [9.17, 15) is 0 Å². The Morgan fingerprint density at radius 2 is 1.00 bits per heavy atom. The number of rotatable bonds is 4. The summed E-state index contributed by atoms with van der Waals surface area (Å²) in [4.78, 5) is 5.31. The fourth-order valence-corrected chi connectivity index (χ4v) is 13.3. The van der Waals surface area contributed by atoms with Crippen molar-refractivity contribution in [3.8, 4) is 22.3 Å². The third kappa shape index (κ3) is 6.35. The largest absolute Gasteiger partial charge is 0.311 e. The van der Waals surface area contributed by atoms with E-state index in [-0.39, 0.29) is 33.8 Å². The molecule has 3 heteroatoms. The molecule has 0 radical (unpaired) electrons. The van der Waals surface area contributed by atoms with E-state index in [1.54, 1.807) is 0 Å². The van der Waals surface area contributed by atoms with Crippen LogP contribution >= 0.6 is 0 Å². The van der Waals surface area contributed by atoms with Crippen LogP contribution in [-0.2, 0) is 27.1 Å². The molecule has 11 rings (SSSR count). The molecule has 0 unspecified atom stereocenters. The average molecular weight is 849 g/mol. The number of para-hydroxylation sites is 1. The summed E-state index contributed by atoms with van der Waals surface area (Å²) >= 11 is 0. The molecule has 0 aromatic heterocycles. The van der Waals surface area contributed by atoms with Gasteiger partial charge in [0, 0.05) is 34.0 Å². The second-order valence-corrected chi connectivity index (χ2v) is 23.8. The van der Waals surface area contributed by atoms with Crippen LogP contribution in [0.4, 0.5) is 34.1 Å². The zero-order chi connectivity index (χ0) is 45.7. The molecule has 0 amide bonds. The summed E-state index contributed by atoms with van der Waals surface area (Å²) in [5.74, 6) is 0. The van der Waals surface area contributed by atoms with Gasteiger partial charge in [-0.2, -0.15) is 0 Å². The summed E-state index contributed by atoms with van der Waals surface area (Å²) in [5.41, 5.74) is 26.9. The molecular formula is C62H65BN2. The minimum atomic E-state index is -0.00947. The van der Waals surface area contributed by atoms with Gasteiger partial charge in [0.05, 0.1) is 5.69 Å². The molecule has 0 atom stereocenters. The summed E-state index contributed by atoms with van der Waals surface area (Å²) < 4.78 is 0. The lowest BCUT2D eigenvalue weighted by Crippen LogP contribution is -2.61. The van der Waals surface area contributed by atoms with Gasteiger partial charge in [0.1, 0.15) is 0 Å². The van der Waals surface area contributed by atoms with E-state index in [4.69, 9.17) is 0 Å². The fraction of sp³-hybridized carbons (Fsp3) is 0.323. The quantitative estimate of drug-likeness (QED) is 0.163. The van der Waals surface area contributed by atoms with Gasteiger partial charge in [-0.1, -0.05) is 173 Å². The number of hydrogen-bond donors (Lipinski definition) is 0. The molecule has 65 heavy (non-hydrogen) atoms. The van der Waals surface area contributed by atoms with Crippen molar-refractivity contribution in [3.63, 3.8) is 0 Å². The van der Waals surface area contributed by atoms with Crippen LogP contribution in [-0.4, -0.2) is 6.71 Å². The van der Waals surface area contributed by atoms with Gasteiger partial charge in [-0.25, -0.2) is 0 Å². The Bertz CT molecular complexity index is 3120. The van der Waals surface area contributed by atoms with Gasteiger partial charge in [0.2, 0.25) is 0 Å². The van der Waals surface area contributed by atoms with Crippen LogP contribution in [0.2, 0.25) is 0 Å². The molecule has 2 aliphatic heterocycles. The maximum absolute atomic E-state index is 2.68. The monoisotopic (exact) mass is 849 g/mol. The van der Waals surface area contributed by atoms with Crippen molar-refractivity contribution in [2.45, 2.75) is 130 Å². The second kappa shape index (κ2) is 13.9. The molecule has 326 valence electrons. The maximum Gasteiger partial charge on any atom is 0.252 e. The summed E-state index contributed by atoms with van der Waals surface area (Å²) in [7, 11) is 0. The van der Waals surface area contributed by atoms with Crippen molar-refractivity contribution in [1.29, 1.82) is 0 Å². The lowest BCUT2D eigenvalue weighted by Gasteiger charge is -2.45. The molecule has 2 heterocycles. The Kier molecular flexibility index (Phi) is 8.93. The van der Waals surface area contributed by atoms with Crippen LogP contribution in [0.5, 0.6) is 0 Å². The van der Waals surface area contributed by atoms with Crippen LogP contribution in [0, 0.1) is 13.8 Å². The zero-order valence-electron chi connectivity index (χ0n) is 41.1. The minimum absolute atomic E-state index is 0.00947. The normalized spacial score (nSPS) is 17.9. The first-order valence-corrected chi connectivity index (χ1v) is 24.1. The van der Waals surface area contributed by atoms with Crippen molar-refractivity contribution in [2.24, 2.45) is 0 Å². The van der Waals surface area contributed by atoms with Crippen molar-refractivity contribution in [3.05, 3.63) is 172 Å². The Hall–Kier alpha value is -5.80. The third-order valence-electron chi connectivity index (χ3n) is 15.9. The van der Waals surface area contributed by atoms with Gasteiger partial charge < -0.3 is 9.80 Å². The molecular weight excluding hydrogens is 784 g/mol. The van der Waals surface area contributed by atoms with E-state index in [2.05, 4.69) is 233 Å². The number of hydrogen-bond acceptors (Lipinski definition) is 2. The molecule has 0 fully saturated rings. The van der Waals surface area contributed by atoms with Crippen molar-refractivity contribution in [2.75, 3.05) is 9.80 Å². The van der Waals surface area contributed by atoms with Crippen LogP contribution in [0.25, 0.3) is 22.3 Å². The Balaban J connectivity index is 1.24. The highest BCUT2D eigenvalue weighted by molar-refractivity contribution is 7.00. The highest BCUT2D eigenvalue weighted by atomic mass is 15.2. The Morgan fingerprint density at radius 3 is 1.68 bits per heavy atom. The topological polar surface area (TPSA) is 6.48 Å². The van der Waals surface area contributed by atoms with Crippen molar-refractivity contribution >= 4 is 57.2 Å². The van der Waals surface area contributed by atoms with E-state index in [0.29, 0.717) is 0 Å². The number of nitrogens with zero attached hydrogens (tertiary/aromatic N) is 2. The van der Waals surface area contributed by atoms with Gasteiger partial charge in [-0.05, 0) is 162 Å². The molecule has 7 aromatic rings. The summed E-state index contributed by atoms with van der Waals surface area (Å²) in [6.45, 7) is 31.2. The highest BCUT2D eigenvalue weighted by Crippen LogP contribution is 2.55. The van der Waals surface area contributed by atoms with Gasteiger partial charge in [0.25, 0.3) is 6.71 Å². The fourth-order valence-electron chi connectivity index (χ4n) is 13.3. The van der Waals surface area contributed by atoms with Crippen molar-refractivity contribution < 1.29 is 0 Å². The van der Waals surface area contributed by atoms with E-state index in [1.807, 2.05) is 0 Å². The lowest BCUT2D eigenvalue weighted by molar-refractivity contribution is 0.403. The maximum atomic E-state index is 2.68. The zero-order valence-corrected chi connectivity index (χ0v) is 41.1. The van der Waals surface area contributed by atoms with Gasteiger partial charge in [0.15, 0.2) is 0 Å². The van der Waals surface area contributed by atoms with Crippen LogP contribution < -0.4 is 26.2 Å². The lowest BCUT2D eigenvalue weighted by atomic mass is 9.33. The average Bonchev–Trinajstić information content (AvgIpc) is 3.56. The SMILES string of the molecule is Cc1cc2c3c(c1)N(c1ccccc1-c1ccc4c(c1)C(C)(C)CC4(C)C)c1cc4c(cc1B3c1ccc(-c3ccccc3)cc1N2c1cc(C(C)(C)C)ccc1C)C(C)(C)CC4(C)C. The van der Waals surface area contributed by atoms with Gasteiger partial charge in [-0.15, -0.1) is 0 Å². The van der Waals surface area contributed by atoms with Crippen LogP contribution in [0.1, 0.15) is 128 Å². The first-order valence-electron chi connectivity index (χ1n) is 24.1. The number of fused-ring (bicyclic) bond motifs is 6. The number of anilines is 6. The predicted molar refractivity (Wildman–Crippen MR) is 281 cm³/mol. The van der Waals surface area contributed by atoms with E-state index >= 15 is 0 Å². The van der Waals surface area contributed by atoms with Gasteiger partial charge in [-0.3, -0.25) is 0 Å². The first-order chi connectivity index (χ1) is 30.6. The van der Waals surface area contributed by atoms with E-state index in [0.717, 1.165) is 12.8 Å². The molecule has 0 spiro atoms. The molecule has 0 saturated carbocycles. The van der Waals surface area contributed by atoms with E-state index in [1.165, 1.54) is 112 Å².